The van der Waals surface area contributed by atoms with E-state index in [1.165, 1.54) is 12.1 Å². The average Bonchev–Trinajstić information content (AvgIpc) is 2.71. The normalized spacial score (nSPS) is 10.9. The van der Waals surface area contributed by atoms with Crippen LogP contribution in [0.2, 0.25) is 0 Å². The van der Waals surface area contributed by atoms with Crippen LogP contribution in [0.15, 0.2) is 83.8 Å². The van der Waals surface area contributed by atoms with Gasteiger partial charge in [-0.1, -0.05) is 60.7 Å². The number of halogens is 1. The predicted octanol–water partition coefficient (Wildman–Crippen LogP) is 3.67. The van der Waals surface area contributed by atoms with Crippen molar-refractivity contribution < 1.29 is 13.2 Å². The van der Waals surface area contributed by atoms with Crippen LogP contribution in [0, 0.1) is 0 Å². The lowest BCUT2D eigenvalue weighted by molar-refractivity contribution is 0.302. The summed E-state index contributed by atoms with van der Waals surface area (Å²) in [7, 11) is -3.64. The summed E-state index contributed by atoms with van der Waals surface area (Å²) in [6.07, 6.45) is 0.790. The van der Waals surface area contributed by atoms with Crippen LogP contribution in [0.1, 0.15) is 16.7 Å². The zero-order chi connectivity index (χ0) is 19.8. The third kappa shape index (κ3) is 7.18. The van der Waals surface area contributed by atoms with E-state index in [1.807, 2.05) is 54.6 Å². The maximum Gasteiger partial charge on any atom is 0.238 e. The van der Waals surface area contributed by atoms with Crippen LogP contribution in [0.4, 0.5) is 0 Å². The highest BCUT2D eigenvalue weighted by atomic mass is 35.5. The lowest BCUT2D eigenvalue weighted by atomic mass is 10.1. The highest BCUT2D eigenvalue weighted by Crippen LogP contribution is 2.19. The number of benzene rings is 3. The molecule has 0 saturated heterocycles. The van der Waals surface area contributed by atoms with Gasteiger partial charge in [-0.3, -0.25) is 0 Å². The molecular formula is C22H25ClN2O3S. The van der Waals surface area contributed by atoms with Crippen molar-refractivity contribution in [2.24, 2.45) is 5.14 Å². The van der Waals surface area contributed by atoms with Crippen molar-refractivity contribution in [1.29, 1.82) is 0 Å². The van der Waals surface area contributed by atoms with Gasteiger partial charge in [0.25, 0.3) is 0 Å². The standard InChI is InChI=1S/C22H24N2O3S.ClH/c23-28(25,26)21-12-10-18(11-13-21)14-15-24-16-20-8-4-5-9-22(20)27-17-19-6-2-1-3-7-19;/h1-13,24H,14-17H2,(H2,23,25,26);1H. The summed E-state index contributed by atoms with van der Waals surface area (Å²) in [5, 5.41) is 8.53. The zero-order valence-corrected chi connectivity index (χ0v) is 17.6. The molecule has 0 amide bonds. The van der Waals surface area contributed by atoms with E-state index in [9.17, 15) is 8.42 Å². The Kier molecular flexibility index (Phi) is 8.67. The first-order chi connectivity index (χ1) is 13.5. The Hall–Kier alpha value is -2.38. The molecule has 29 heavy (non-hydrogen) atoms. The lowest BCUT2D eigenvalue weighted by Crippen LogP contribution is -2.17. The Morgan fingerprint density at radius 1 is 0.828 bits per heavy atom. The molecule has 0 spiro atoms. The van der Waals surface area contributed by atoms with E-state index in [0.29, 0.717) is 13.2 Å². The molecule has 3 N–H and O–H groups in total. The molecule has 3 aromatic carbocycles. The maximum absolute atomic E-state index is 11.3. The monoisotopic (exact) mass is 432 g/mol. The molecule has 0 unspecified atom stereocenters. The van der Waals surface area contributed by atoms with Crippen molar-refractivity contribution >= 4 is 22.4 Å². The van der Waals surface area contributed by atoms with Crippen molar-refractivity contribution in [3.8, 4) is 5.75 Å². The Labute approximate surface area is 178 Å². The van der Waals surface area contributed by atoms with Gasteiger partial charge in [-0.25, -0.2) is 13.6 Å². The predicted molar refractivity (Wildman–Crippen MR) is 118 cm³/mol. The number of hydrogen-bond donors (Lipinski definition) is 2. The number of para-hydroxylation sites is 1. The van der Waals surface area contributed by atoms with E-state index in [-0.39, 0.29) is 17.3 Å². The average molecular weight is 433 g/mol. The summed E-state index contributed by atoms with van der Waals surface area (Å²) in [6.45, 7) is 2.00. The fourth-order valence-corrected chi connectivity index (χ4v) is 3.34. The molecule has 0 saturated carbocycles. The number of sulfonamides is 1. The molecular weight excluding hydrogens is 408 g/mol. The van der Waals surface area contributed by atoms with Gasteiger partial charge in [-0.2, -0.15) is 0 Å². The van der Waals surface area contributed by atoms with E-state index in [1.54, 1.807) is 12.1 Å². The molecule has 0 bridgehead atoms. The van der Waals surface area contributed by atoms with Gasteiger partial charge >= 0.3 is 0 Å². The minimum Gasteiger partial charge on any atom is -0.489 e. The van der Waals surface area contributed by atoms with E-state index >= 15 is 0 Å². The molecule has 0 atom stereocenters. The second-order valence-electron chi connectivity index (χ2n) is 6.50. The Balaban J connectivity index is 0.00000300. The SMILES string of the molecule is Cl.NS(=O)(=O)c1ccc(CCNCc2ccccc2OCc2ccccc2)cc1. The molecule has 7 heteroatoms. The zero-order valence-electron chi connectivity index (χ0n) is 16.0. The van der Waals surface area contributed by atoms with Crippen molar-refractivity contribution in [1.82, 2.24) is 5.32 Å². The fourth-order valence-electron chi connectivity index (χ4n) is 2.83. The molecule has 0 aromatic heterocycles. The number of nitrogens with two attached hydrogens (primary N) is 1. The third-order valence-electron chi connectivity index (χ3n) is 4.37. The smallest absolute Gasteiger partial charge is 0.238 e. The number of rotatable bonds is 9. The summed E-state index contributed by atoms with van der Waals surface area (Å²) in [4.78, 5) is 0.133. The lowest BCUT2D eigenvalue weighted by Gasteiger charge is -2.12. The van der Waals surface area contributed by atoms with Crippen molar-refractivity contribution in [2.75, 3.05) is 6.54 Å². The molecule has 0 radical (unpaired) electrons. The topological polar surface area (TPSA) is 81.4 Å². The largest absolute Gasteiger partial charge is 0.489 e. The van der Waals surface area contributed by atoms with Crippen LogP contribution >= 0.6 is 12.4 Å². The number of ether oxygens (including phenoxy) is 1. The summed E-state index contributed by atoms with van der Waals surface area (Å²) >= 11 is 0. The molecule has 154 valence electrons. The van der Waals surface area contributed by atoms with Crippen LogP contribution < -0.4 is 15.2 Å². The van der Waals surface area contributed by atoms with E-state index in [2.05, 4.69) is 5.32 Å². The number of primary sulfonamides is 1. The number of hydrogen-bond acceptors (Lipinski definition) is 4. The minimum absolute atomic E-state index is 0. The van der Waals surface area contributed by atoms with Crippen LogP contribution in [0.3, 0.4) is 0 Å². The van der Waals surface area contributed by atoms with Gasteiger partial charge in [0.15, 0.2) is 0 Å². The fraction of sp³-hybridized carbons (Fsp3) is 0.182. The van der Waals surface area contributed by atoms with Crippen molar-refractivity contribution in [2.45, 2.75) is 24.5 Å². The molecule has 3 rings (SSSR count). The van der Waals surface area contributed by atoms with Gasteiger partial charge in [0.1, 0.15) is 12.4 Å². The second kappa shape index (κ2) is 11.0. The summed E-state index contributed by atoms with van der Waals surface area (Å²) < 4.78 is 28.6. The van der Waals surface area contributed by atoms with Crippen molar-refractivity contribution in [3.63, 3.8) is 0 Å². The summed E-state index contributed by atoms with van der Waals surface area (Å²) in [5.41, 5.74) is 3.28. The third-order valence-corrected chi connectivity index (χ3v) is 5.30. The minimum atomic E-state index is -3.64. The summed E-state index contributed by atoms with van der Waals surface area (Å²) in [6, 6.07) is 24.7. The first kappa shape index (κ1) is 22.9. The molecule has 0 aliphatic heterocycles. The van der Waals surface area contributed by atoms with Crippen LogP contribution in [0.25, 0.3) is 0 Å². The number of nitrogens with one attached hydrogen (secondary N) is 1. The van der Waals surface area contributed by atoms with Crippen LogP contribution in [-0.4, -0.2) is 15.0 Å². The molecule has 0 heterocycles. The van der Waals surface area contributed by atoms with Gasteiger partial charge in [0.2, 0.25) is 10.0 Å². The van der Waals surface area contributed by atoms with Crippen LogP contribution in [-0.2, 0) is 29.6 Å². The first-order valence-electron chi connectivity index (χ1n) is 9.09. The Bertz CT molecular complexity index is 994. The summed E-state index contributed by atoms with van der Waals surface area (Å²) in [5.74, 6) is 0.872. The van der Waals surface area contributed by atoms with Gasteiger partial charge in [0.05, 0.1) is 4.90 Å². The molecule has 0 aliphatic rings. The molecule has 0 aliphatic carbocycles. The Morgan fingerprint density at radius 2 is 1.48 bits per heavy atom. The Morgan fingerprint density at radius 3 is 2.17 bits per heavy atom. The highest BCUT2D eigenvalue weighted by molar-refractivity contribution is 7.89. The van der Waals surface area contributed by atoms with E-state index in [4.69, 9.17) is 9.88 Å². The molecule has 5 nitrogen and oxygen atoms in total. The van der Waals surface area contributed by atoms with Crippen molar-refractivity contribution in [3.05, 3.63) is 95.6 Å². The van der Waals surface area contributed by atoms with Gasteiger partial charge in [0, 0.05) is 12.1 Å². The van der Waals surface area contributed by atoms with Gasteiger partial charge in [-0.15, -0.1) is 12.4 Å². The second-order valence-corrected chi connectivity index (χ2v) is 8.06. The van der Waals surface area contributed by atoms with Gasteiger partial charge < -0.3 is 10.1 Å². The molecule has 0 fully saturated rings. The van der Waals surface area contributed by atoms with E-state index in [0.717, 1.165) is 35.4 Å². The maximum atomic E-state index is 11.3. The first-order valence-corrected chi connectivity index (χ1v) is 10.6. The quantitative estimate of drug-likeness (QED) is 0.505. The van der Waals surface area contributed by atoms with E-state index < -0.39 is 10.0 Å². The highest BCUT2D eigenvalue weighted by Gasteiger charge is 2.07. The van der Waals surface area contributed by atoms with Gasteiger partial charge in [-0.05, 0) is 42.3 Å². The molecule has 3 aromatic rings. The van der Waals surface area contributed by atoms with Crippen LogP contribution in [0.5, 0.6) is 5.75 Å².